The van der Waals surface area contributed by atoms with Crippen LogP contribution in [0.2, 0.25) is 0 Å². The van der Waals surface area contributed by atoms with Crippen molar-refractivity contribution in [2.24, 2.45) is 0 Å². The molecule has 1 aliphatic carbocycles. The predicted molar refractivity (Wildman–Crippen MR) is 78.5 cm³/mol. The first-order chi connectivity index (χ1) is 9.15. The largest absolute Gasteiger partial charge is 0.368 e. The Hall–Kier alpha value is -1.59. The molecule has 0 radical (unpaired) electrons. The van der Waals surface area contributed by atoms with Gasteiger partial charge in [-0.15, -0.1) is 0 Å². The van der Waals surface area contributed by atoms with Crippen molar-refractivity contribution in [3.63, 3.8) is 0 Å². The number of aromatic nitrogens is 3. The molecule has 0 unspecified atom stereocenters. The lowest BCUT2D eigenvalue weighted by Crippen LogP contribution is -2.32. The average molecular weight is 264 g/mol. The molecule has 6 nitrogen and oxygen atoms in total. The standard InChI is InChI=1S/C13H24N6/c1-4-19(5-2)13-16-11(14)15-12(17-13)18(3)10-8-6-7-9-10/h10H,4-9H2,1-3H3,(H2,14,15,16,17). The third-order valence-corrected chi connectivity index (χ3v) is 3.86. The van der Waals surface area contributed by atoms with Crippen molar-refractivity contribution in [3.8, 4) is 0 Å². The first kappa shape index (κ1) is 13.8. The van der Waals surface area contributed by atoms with Gasteiger partial charge in [-0.25, -0.2) is 0 Å². The molecule has 0 atom stereocenters. The van der Waals surface area contributed by atoms with E-state index in [2.05, 4.69) is 45.6 Å². The minimum Gasteiger partial charge on any atom is -0.368 e. The van der Waals surface area contributed by atoms with E-state index in [9.17, 15) is 0 Å². The highest BCUT2D eigenvalue weighted by Gasteiger charge is 2.22. The van der Waals surface area contributed by atoms with Gasteiger partial charge in [0.05, 0.1) is 0 Å². The lowest BCUT2D eigenvalue weighted by molar-refractivity contribution is 0.635. The number of anilines is 3. The number of nitrogens with two attached hydrogens (primary N) is 1. The van der Waals surface area contributed by atoms with E-state index in [0.717, 1.165) is 13.1 Å². The molecule has 0 saturated heterocycles. The number of rotatable bonds is 5. The van der Waals surface area contributed by atoms with Crippen LogP contribution in [-0.4, -0.2) is 41.1 Å². The van der Waals surface area contributed by atoms with Crippen molar-refractivity contribution in [1.29, 1.82) is 0 Å². The minimum absolute atomic E-state index is 0.303. The summed E-state index contributed by atoms with van der Waals surface area (Å²) in [6, 6.07) is 0.534. The molecule has 0 bridgehead atoms. The number of hydrogen-bond acceptors (Lipinski definition) is 6. The molecular weight excluding hydrogens is 240 g/mol. The molecule has 2 N–H and O–H groups in total. The molecule has 2 rings (SSSR count). The molecule has 19 heavy (non-hydrogen) atoms. The van der Waals surface area contributed by atoms with Crippen molar-refractivity contribution in [2.45, 2.75) is 45.6 Å². The first-order valence-corrected chi connectivity index (χ1v) is 7.15. The summed E-state index contributed by atoms with van der Waals surface area (Å²) in [6.07, 6.45) is 5.00. The second kappa shape index (κ2) is 6.04. The quantitative estimate of drug-likeness (QED) is 0.872. The van der Waals surface area contributed by atoms with Crippen LogP contribution in [0.4, 0.5) is 17.8 Å². The van der Waals surface area contributed by atoms with Crippen LogP contribution in [-0.2, 0) is 0 Å². The van der Waals surface area contributed by atoms with Crippen molar-refractivity contribution in [2.75, 3.05) is 35.7 Å². The molecular formula is C13H24N6. The van der Waals surface area contributed by atoms with Gasteiger partial charge in [-0.05, 0) is 26.7 Å². The van der Waals surface area contributed by atoms with E-state index in [1.54, 1.807) is 0 Å². The van der Waals surface area contributed by atoms with Crippen LogP contribution in [0.3, 0.4) is 0 Å². The summed E-state index contributed by atoms with van der Waals surface area (Å²) in [6.45, 7) is 5.91. The second-order valence-electron chi connectivity index (χ2n) is 5.02. The van der Waals surface area contributed by atoms with Gasteiger partial charge in [0, 0.05) is 26.2 Å². The van der Waals surface area contributed by atoms with E-state index in [0.29, 0.717) is 23.9 Å². The van der Waals surface area contributed by atoms with E-state index < -0.39 is 0 Å². The molecule has 1 saturated carbocycles. The molecule has 1 fully saturated rings. The highest BCUT2D eigenvalue weighted by Crippen LogP contribution is 2.25. The van der Waals surface area contributed by atoms with Crippen LogP contribution in [0.1, 0.15) is 39.5 Å². The molecule has 0 aliphatic heterocycles. The van der Waals surface area contributed by atoms with Crippen molar-refractivity contribution < 1.29 is 0 Å². The van der Waals surface area contributed by atoms with Gasteiger partial charge in [0.1, 0.15) is 0 Å². The van der Waals surface area contributed by atoms with Gasteiger partial charge in [0.2, 0.25) is 17.8 Å². The average Bonchev–Trinajstić information content (AvgIpc) is 2.92. The Morgan fingerprint density at radius 3 is 2.21 bits per heavy atom. The van der Waals surface area contributed by atoms with Crippen LogP contribution in [0.5, 0.6) is 0 Å². The summed E-state index contributed by atoms with van der Waals surface area (Å²) in [5, 5.41) is 0. The maximum atomic E-state index is 5.83. The predicted octanol–water partition coefficient (Wildman–Crippen LogP) is 1.68. The van der Waals surface area contributed by atoms with Crippen LogP contribution < -0.4 is 15.5 Å². The molecule has 1 heterocycles. The summed E-state index contributed by atoms with van der Waals surface area (Å²) in [7, 11) is 2.05. The lowest BCUT2D eigenvalue weighted by Gasteiger charge is -2.26. The van der Waals surface area contributed by atoms with Gasteiger partial charge >= 0.3 is 0 Å². The summed E-state index contributed by atoms with van der Waals surface area (Å²) < 4.78 is 0. The van der Waals surface area contributed by atoms with E-state index in [4.69, 9.17) is 5.73 Å². The van der Waals surface area contributed by atoms with Gasteiger partial charge in [-0.1, -0.05) is 12.8 Å². The van der Waals surface area contributed by atoms with E-state index in [1.807, 2.05) is 0 Å². The minimum atomic E-state index is 0.303. The number of nitrogens with zero attached hydrogens (tertiary/aromatic N) is 5. The summed E-state index contributed by atoms with van der Waals surface area (Å²) in [5.41, 5.74) is 5.83. The summed E-state index contributed by atoms with van der Waals surface area (Å²) >= 11 is 0. The van der Waals surface area contributed by atoms with Gasteiger partial charge in [-0.2, -0.15) is 15.0 Å². The van der Waals surface area contributed by atoms with Gasteiger partial charge in [0.25, 0.3) is 0 Å². The fourth-order valence-corrected chi connectivity index (χ4v) is 2.63. The molecule has 106 valence electrons. The van der Waals surface area contributed by atoms with Gasteiger partial charge in [-0.3, -0.25) is 0 Å². The van der Waals surface area contributed by atoms with Crippen LogP contribution in [0.15, 0.2) is 0 Å². The Labute approximate surface area is 115 Å². The van der Waals surface area contributed by atoms with Crippen molar-refractivity contribution in [3.05, 3.63) is 0 Å². The first-order valence-electron chi connectivity index (χ1n) is 7.15. The Bertz CT molecular complexity index is 412. The Kier molecular flexibility index (Phi) is 4.39. The molecule has 0 spiro atoms. The second-order valence-corrected chi connectivity index (χ2v) is 5.02. The normalized spacial score (nSPS) is 15.7. The van der Waals surface area contributed by atoms with Gasteiger partial charge in [0.15, 0.2) is 0 Å². The molecule has 0 amide bonds. The van der Waals surface area contributed by atoms with Crippen LogP contribution in [0.25, 0.3) is 0 Å². The lowest BCUT2D eigenvalue weighted by atomic mass is 10.2. The van der Waals surface area contributed by atoms with E-state index in [1.165, 1.54) is 25.7 Å². The molecule has 1 aliphatic rings. The summed E-state index contributed by atoms with van der Waals surface area (Å²) in [4.78, 5) is 17.3. The van der Waals surface area contributed by atoms with E-state index in [-0.39, 0.29) is 0 Å². The van der Waals surface area contributed by atoms with Crippen molar-refractivity contribution >= 4 is 17.8 Å². The van der Waals surface area contributed by atoms with Gasteiger partial charge < -0.3 is 15.5 Å². The zero-order valence-electron chi connectivity index (χ0n) is 12.1. The maximum Gasteiger partial charge on any atom is 0.231 e. The SMILES string of the molecule is CCN(CC)c1nc(N)nc(N(C)C2CCCC2)n1. The fourth-order valence-electron chi connectivity index (χ4n) is 2.63. The van der Waals surface area contributed by atoms with Crippen LogP contribution in [0, 0.1) is 0 Å². The smallest absolute Gasteiger partial charge is 0.231 e. The molecule has 1 aromatic heterocycles. The highest BCUT2D eigenvalue weighted by molar-refractivity contribution is 5.43. The zero-order valence-corrected chi connectivity index (χ0v) is 12.1. The highest BCUT2D eigenvalue weighted by atomic mass is 15.3. The topological polar surface area (TPSA) is 71.2 Å². The zero-order chi connectivity index (χ0) is 13.8. The third kappa shape index (κ3) is 3.05. The summed E-state index contributed by atoms with van der Waals surface area (Å²) in [5.74, 6) is 1.68. The third-order valence-electron chi connectivity index (χ3n) is 3.86. The number of nitrogen functional groups attached to an aromatic ring is 1. The van der Waals surface area contributed by atoms with E-state index >= 15 is 0 Å². The fraction of sp³-hybridized carbons (Fsp3) is 0.769. The Morgan fingerprint density at radius 2 is 1.63 bits per heavy atom. The molecule has 6 heteroatoms. The van der Waals surface area contributed by atoms with Crippen molar-refractivity contribution in [1.82, 2.24) is 15.0 Å². The molecule has 1 aromatic rings. The Balaban J connectivity index is 2.24. The Morgan fingerprint density at radius 1 is 1.05 bits per heavy atom. The number of hydrogen-bond donors (Lipinski definition) is 1. The maximum absolute atomic E-state index is 5.83. The molecule has 0 aromatic carbocycles. The van der Waals surface area contributed by atoms with Crippen LogP contribution >= 0.6 is 0 Å². The monoisotopic (exact) mass is 264 g/mol.